The van der Waals surface area contributed by atoms with Crippen molar-refractivity contribution in [2.24, 2.45) is 5.73 Å². The number of benzene rings is 1. The summed E-state index contributed by atoms with van der Waals surface area (Å²) in [6, 6.07) is 6.40. The Morgan fingerprint density at radius 3 is 2.80 bits per heavy atom. The van der Waals surface area contributed by atoms with Gasteiger partial charge in [-0.1, -0.05) is 36.6 Å². The zero-order valence-corrected chi connectivity index (χ0v) is 11.3. The maximum atomic E-state index is 13.1. The average molecular weight is 275 g/mol. The van der Waals surface area contributed by atoms with Crippen LogP contribution < -0.4 is 5.73 Å². The largest absolute Gasteiger partial charge is 0.339 e. The van der Waals surface area contributed by atoms with Crippen LogP contribution in [0.15, 0.2) is 28.8 Å². The first kappa shape index (κ1) is 13.2. The highest BCUT2D eigenvalue weighted by molar-refractivity contribution is 5.19. The second-order valence-corrected chi connectivity index (χ2v) is 5.54. The molecule has 0 aliphatic heterocycles. The molecular formula is C15H18FN3O. The Morgan fingerprint density at radius 2 is 2.05 bits per heavy atom. The molecule has 0 unspecified atom stereocenters. The minimum Gasteiger partial charge on any atom is -0.339 e. The van der Waals surface area contributed by atoms with Crippen LogP contribution >= 0.6 is 0 Å². The maximum Gasteiger partial charge on any atom is 0.231 e. The van der Waals surface area contributed by atoms with Crippen LogP contribution in [0.25, 0.3) is 0 Å². The molecule has 0 amide bonds. The number of aromatic nitrogens is 2. The summed E-state index contributed by atoms with van der Waals surface area (Å²) in [6.45, 7) is 0. The predicted octanol–water partition coefficient (Wildman–Crippen LogP) is 2.92. The molecule has 1 heterocycles. The Bertz CT molecular complexity index is 590. The number of hydrogen-bond donors (Lipinski definition) is 1. The summed E-state index contributed by atoms with van der Waals surface area (Å²) >= 11 is 0. The summed E-state index contributed by atoms with van der Waals surface area (Å²) in [6.07, 6.45) is 5.64. The lowest BCUT2D eigenvalue weighted by Gasteiger charge is -2.29. The molecule has 2 N–H and O–H groups in total. The Kier molecular flexibility index (Phi) is 3.53. The van der Waals surface area contributed by atoms with Gasteiger partial charge in [0.2, 0.25) is 5.89 Å². The minimum absolute atomic E-state index is 0.259. The molecule has 0 saturated heterocycles. The normalized spacial score (nSPS) is 18.1. The molecule has 1 aliphatic rings. The molecule has 1 aliphatic carbocycles. The summed E-state index contributed by atoms with van der Waals surface area (Å²) in [4.78, 5) is 4.41. The van der Waals surface area contributed by atoms with E-state index < -0.39 is 5.54 Å². The summed E-state index contributed by atoms with van der Waals surface area (Å²) in [5.74, 6) is 0.814. The molecule has 20 heavy (non-hydrogen) atoms. The maximum absolute atomic E-state index is 13.1. The minimum atomic E-state index is -0.456. The Hall–Kier alpha value is -1.75. The molecule has 0 bridgehead atoms. The van der Waals surface area contributed by atoms with Gasteiger partial charge in [0.25, 0.3) is 0 Å². The smallest absolute Gasteiger partial charge is 0.231 e. The van der Waals surface area contributed by atoms with E-state index in [0.717, 1.165) is 31.2 Å². The van der Waals surface area contributed by atoms with Gasteiger partial charge in [-0.05, 0) is 30.5 Å². The zero-order valence-electron chi connectivity index (χ0n) is 11.3. The predicted molar refractivity (Wildman–Crippen MR) is 72.5 cm³/mol. The van der Waals surface area contributed by atoms with Crippen LogP contribution in [0.3, 0.4) is 0 Å². The lowest BCUT2D eigenvalue weighted by molar-refractivity contribution is 0.273. The molecule has 1 aromatic carbocycles. The zero-order chi connectivity index (χ0) is 14.0. The van der Waals surface area contributed by atoms with Crippen molar-refractivity contribution < 1.29 is 8.91 Å². The van der Waals surface area contributed by atoms with E-state index >= 15 is 0 Å². The Balaban J connectivity index is 1.76. The SMILES string of the molecule is NC1(c2noc(Cc3cccc(F)c3)n2)CCCCC1. The van der Waals surface area contributed by atoms with E-state index in [2.05, 4.69) is 10.1 Å². The fourth-order valence-corrected chi connectivity index (χ4v) is 2.76. The van der Waals surface area contributed by atoms with Crippen molar-refractivity contribution in [2.45, 2.75) is 44.1 Å². The van der Waals surface area contributed by atoms with Crippen molar-refractivity contribution in [2.75, 3.05) is 0 Å². The third-order valence-corrected chi connectivity index (χ3v) is 3.90. The van der Waals surface area contributed by atoms with Gasteiger partial charge in [0.05, 0.1) is 12.0 Å². The molecule has 1 saturated carbocycles. The van der Waals surface area contributed by atoms with Crippen molar-refractivity contribution >= 4 is 0 Å². The third-order valence-electron chi connectivity index (χ3n) is 3.90. The van der Waals surface area contributed by atoms with Crippen molar-refractivity contribution in [3.8, 4) is 0 Å². The van der Waals surface area contributed by atoms with E-state index in [1.54, 1.807) is 6.07 Å². The van der Waals surface area contributed by atoms with E-state index in [-0.39, 0.29) is 5.82 Å². The second kappa shape index (κ2) is 5.32. The van der Waals surface area contributed by atoms with Crippen LogP contribution in [0.5, 0.6) is 0 Å². The highest BCUT2D eigenvalue weighted by Gasteiger charge is 2.34. The van der Waals surface area contributed by atoms with Crippen LogP contribution in [0.2, 0.25) is 0 Å². The molecule has 1 fully saturated rings. The summed E-state index contributed by atoms with van der Waals surface area (Å²) in [5, 5.41) is 4.03. The van der Waals surface area contributed by atoms with E-state index in [4.69, 9.17) is 10.3 Å². The van der Waals surface area contributed by atoms with Gasteiger partial charge < -0.3 is 10.3 Å². The van der Waals surface area contributed by atoms with Gasteiger partial charge in [0.15, 0.2) is 5.82 Å². The second-order valence-electron chi connectivity index (χ2n) is 5.54. The highest BCUT2D eigenvalue weighted by Crippen LogP contribution is 2.33. The monoisotopic (exact) mass is 275 g/mol. The van der Waals surface area contributed by atoms with E-state index in [9.17, 15) is 4.39 Å². The lowest BCUT2D eigenvalue weighted by Crippen LogP contribution is -2.39. The standard InChI is InChI=1S/C15H18FN3O/c16-12-6-4-5-11(9-12)10-13-18-14(19-20-13)15(17)7-2-1-3-8-15/h4-6,9H,1-3,7-8,10,17H2. The van der Waals surface area contributed by atoms with Crippen molar-refractivity contribution in [3.63, 3.8) is 0 Å². The number of rotatable bonds is 3. The van der Waals surface area contributed by atoms with Crippen LogP contribution in [0.4, 0.5) is 4.39 Å². The van der Waals surface area contributed by atoms with Gasteiger partial charge in [0, 0.05) is 0 Å². The molecule has 0 spiro atoms. The first-order chi connectivity index (χ1) is 9.66. The fourth-order valence-electron chi connectivity index (χ4n) is 2.76. The molecule has 3 rings (SSSR count). The van der Waals surface area contributed by atoms with Gasteiger partial charge in [-0.2, -0.15) is 4.98 Å². The lowest BCUT2D eigenvalue weighted by atomic mass is 9.82. The van der Waals surface area contributed by atoms with Crippen molar-refractivity contribution in [3.05, 3.63) is 47.4 Å². The number of halogens is 1. The number of nitrogens with zero attached hydrogens (tertiary/aromatic N) is 2. The van der Waals surface area contributed by atoms with Crippen LogP contribution in [-0.4, -0.2) is 10.1 Å². The van der Waals surface area contributed by atoms with Gasteiger partial charge in [-0.15, -0.1) is 0 Å². The topological polar surface area (TPSA) is 64.9 Å². The molecule has 2 aromatic rings. The molecule has 1 aromatic heterocycles. The average Bonchev–Trinajstić information content (AvgIpc) is 2.89. The van der Waals surface area contributed by atoms with Crippen LogP contribution in [0.1, 0.15) is 49.4 Å². The van der Waals surface area contributed by atoms with Crippen LogP contribution in [-0.2, 0) is 12.0 Å². The Morgan fingerprint density at radius 1 is 1.25 bits per heavy atom. The quantitative estimate of drug-likeness (QED) is 0.935. The molecule has 5 heteroatoms. The van der Waals surface area contributed by atoms with Gasteiger partial charge >= 0.3 is 0 Å². The number of hydrogen-bond acceptors (Lipinski definition) is 4. The highest BCUT2D eigenvalue weighted by atomic mass is 19.1. The molecule has 0 radical (unpaired) electrons. The summed E-state index contributed by atoms with van der Waals surface area (Å²) in [7, 11) is 0. The molecule has 0 atom stereocenters. The van der Waals surface area contributed by atoms with Gasteiger partial charge in [0.1, 0.15) is 5.82 Å². The first-order valence-electron chi connectivity index (χ1n) is 7.02. The third kappa shape index (κ3) is 2.72. The van der Waals surface area contributed by atoms with Crippen LogP contribution in [0, 0.1) is 5.82 Å². The van der Waals surface area contributed by atoms with Gasteiger partial charge in [-0.3, -0.25) is 0 Å². The summed E-state index contributed by atoms with van der Waals surface area (Å²) < 4.78 is 18.4. The summed E-state index contributed by atoms with van der Waals surface area (Å²) in [5.41, 5.74) is 6.72. The van der Waals surface area contributed by atoms with Crippen molar-refractivity contribution in [1.29, 1.82) is 0 Å². The van der Waals surface area contributed by atoms with E-state index in [1.807, 2.05) is 6.07 Å². The molecule has 4 nitrogen and oxygen atoms in total. The Labute approximate surface area is 117 Å². The fraction of sp³-hybridized carbons (Fsp3) is 0.467. The van der Waals surface area contributed by atoms with E-state index in [1.165, 1.54) is 18.6 Å². The van der Waals surface area contributed by atoms with E-state index in [0.29, 0.717) is 18.1 Å². The molecular weight excluding hydrogens is 257 g/mol. The van der Waals surface area contributed by atoms with Gasteiger partial charge in [-0.25, -0.2) is 4.39 Å². The molecule has 106 valence electrons. The van der Waals surface area contributed by atoms with Crippen molar-refractivity contribution in [1.82, 2.24) is 10.1 Å². The first-order valence-corrected chi connectivity index (χ1v) is 7.02. The number of nitrogens with two attached hydrogens (primary N) is 1.